The van der Waals surface area contributed by atoms with E-state index in [9.17, 15) is 9.59 Å². The minimum absolute atomic E-state index is 0.113. The lowest BCUT2D eigenvalue weighted by atomic mass is 10.1. The number of hydrogen-bond acceptors (Lipinski definition) is 3. The lowest BCUT2D eigenvalue weighted by Crippen LogP contribution is -2.30. The molecule has 2 amide bonds. The number of rotatable bonds is 8. The summed E-state index contributed by atoms with van der Waals surface area (Å²) in [4.78, 5) is 30.3. The average molecular weight is 380 g/mol. The van der Waals surface area contributed by atoms with Crippen molar-refractivity contribution in [1.82, 2.24) is 15.2 Å². The van der Waals surface area contributed by atoms with E-state index in [1.54, 1.807) is 6.08 Å². The number of nitrogens with one attached hydrogen (secondary N) is 3. The molecule has 2 heterocycles. The van der Waals surface area contributed by atoms with Crippen LogP contribution in [0.1, 0.15) is 47.6 Å². The SMILES string of the molecule is CCN(CC)CCCNC(=O)c1[nH]c(C=C2C(=O)Nc3ccccc32)cc1C. The van der Waals surface area contributed by atoms with E-state index in [2.05, 4.69) is 34.4 Å². The van der Waals surface area contributed by atoms with Crippen molar-refractivity contribution < 1.29 is 9.59 Å². The summed E-state index contributed by atoms with van der Waals surface area (Å²) < 4.78 is 0. The van der Waals surface area contributed by atoms with Gasteiger partial charge >= 0.3 is 0 Å². The zero-order valence-electron chi connectivity index (χ0n) is 16.8. The zero-order valence-corrected chi connectivity index (χ0v) is 16.8. The van der Waals surface area contributed by atoms with Crippen LogP contribution in [0.25, 0.3) is 11.6 Å². The van der Waals surface area contributed by atoms with E-state index in [1.807, 2.05) is 37.3 Å². The average Bonchev–Trinajstić information content (AvgIpc) is 3.21. The predicted octanol–water partition coefficient (Wildman–Crippen LogP) is 3.28. The molecular formula is C22H28N4O2. The number of nitrogens with zero attached hydrogens (tertiary/aromatic N) is 1. The summed E-state index contributed by atoms with van der Waals surface area (Å²) in [6.45, 7) is 9.84. The summed E-state index contributed by atoms with van der Waals surface area (Å²) in [6, 6.07) is 9.49. The van der Waals surface area contributed by atoms with Crippen LogP contribution in [0.15, 0.2) is 30.3 Å². The molecule has 0 fully saturated rings. The maximum atomic E-state index is 12.5. The molecule has 1 aromatic carbocycles. The summed E-state index contributed by atoms with van der Waals surface area (Å²) in [7, 11) is 0. The monoisotopic (exact) mass is 380 g/mol. The Balaban J connectivity index is 1.67. The summed E-state index contributed by atoms with van der Waals surface area (Å²) >= 11 is 0. The van der Waals surface area contributed by atoms with Crippen LogP contribution in [0.4, 0.5) is 5.69 Å². The molecule has 148 valence electrons. The van der Waals surface area contributed by atoms with Gasteiger partial charge < -0.3 is 20.5 Å². The molecule has 0 atom stereocenters. The second kappa shape index (κ2) is 8.89. The van der Waals surface area contributed by atoms with Gasteiger partial charge in [-0.1, -0.05) is 32.0 Å². The number of aromatic amines is 1. The second-order valence-electron chi connectivity index (χ2n) is 6.98. The van der Waals surface area contributed by atoms with Crippen molar-refractivity contribution in [2.24, 2.45) is 0 Å². The van der Waals surface area contributed by atoms with Crippen LogP contribution in [-0.4, -0.2) is 47.9 Å². The van der Waals surface area contributed by atoms with Gasteiger partial charge in [0.1, 0.15) is 5.69 Å². The van der Waals surface area contributed by atoms with E-state index in [1.165, 1.54) is 0 Å². The number of H-pyrrole nitrogens is 1. The number of benzene rings is 1. The van der Waals surface area contributed by atoms with Gasteiger partial charge in [0.15, 0.2) is 0 Å². The number of aromatic nitrogens is 1. The third kappa shape index (κ3) is 4.34. The van der Waals surface area contributed by atoms with Crippen LogP contribution in [0, 0.1) is 6.92 Å². The van der Waals surface area contributed by atoms with E-state index >= 15 is 0 Å². The summed E-state index contributed by atoms with van der Waals surface area (Å²) in [5, 5.41) is 5.84. The molecule has 6 nitrogen and oxygen atoms in total. The molecule has 0 saturated heterocycles. The number of carbonyl (C=O) groups excluding carboxylic acids is 2. The summed E-state index contributed by atoms with van der Waals surface area (Å²) in [6.07, 6.45) is 2.71. The molecule has 2 aromatic rings. The molecule has 0 radical (unpaired) electrons. The van der Waals surface area contributed by atoms with Gasteiger partial charge in [-0.25, -0.2) is 0 Å². The Kier molecular flexibility index (Phi) is 6.31. The molecule has 28 heavy (non-hydrogen) atoms. The fraction of sp³-hybridized carbons (Fsp3) is 0.364. The maximum Gasteiger partial charge on any atom is 0.267 e. The van der Waals surface area contributed by atoms with Gasteiger partial charge in [0.2, 0.25) is 0 Å². The quantitative estimate of drug-likeness (QED) is 0.486. The Bertz CT molecular complexity index is 894. The van der Waals surface area contributed by atoms with Gasteiger partial charge in [0, 0.05) is 23.5 Å². The molecule has 1 aromatic heterocycles. The second-order valence-corrected chi connectivity index (χ2v) is 6.98. The smallest absolute Gasteiger partial charge is 0.267 e. The standard InChI is InChI=1S/C22H28N4O2/c1-4-26(5-2)12-8-11-23-22(28)20-15(3)13-16(24-20)14-18-17-9-6-7-10-19(17)25-21(18)27/h6-7,9-10,13-14,24H,4-5,8,11-12H2,1-3H3,(H,23,28)(H,25,27). The lowest BCUT2D eigenvalue weighted by molar-refractivity contribution is -0.110. The minimum Gasteiger partial charge on any atom is -0.351 e. The number of para-hydroxylation sites is 1. The largest absolute Gasteiger partial charge is 0.351 e. The first-order valence-electron chi connectivity index (χ1n) is 9.86. The van der Waals surface area contributed by atoms with Crippen LogP contribution in [0.2, 0.25) is 0 Å². The van der Waals surface area contributed by atoms with Crippen LogP contribution >= 0.6 is 0 Å². The molecule has 1 aliphatic rings. The molecule has 0 bridgehead atoms. The first-order chi connectivity index (χ1) is 13.5. The predicted molar refractivity (Wildman–Crippen MR) is 113 cm³/mol. The zero-order chi connectivity index (χ0) is 20.1. The molecule has 6 heteroatoms. The Hall–Kier alpha value is -2.86. The van der Waals surface area contributed by atoms with Gasteiger partial charge in [-0.2, -0.15) is 0 Å². The molecule has 0 spiro atoms. The van der Waals surface area contributed by atoms with Gasteiger partial charge in [0.25, 0.3) is 11.8 Å². The molecule has 0 aliphatic carbocycles. The van der Waals surface area contributed by atoms with Crippen molar-refractivity contribution in [3.05, 3.63) is 52.8 Å². The number of hydrogen-bond donors (Lipinski definition) is 3. The van der Waals surface area contributed by atoms with Crippen molar-refractivity contribution >= 4 is 29.2 Å². The highest BCUT2D eigenvalue weighted by Gasteiger charge is 2.23. The van der Waals surface area contributed by atoms with Gasteiger partial charge in [-0.3, -0.25) is 9.59 Å². The van der Waals surface area contributed by atoms with Crippen LogP contribution < -0.4 is 10.6 Å². The fourth-order valence-corrected chi connectivity index (χ4v) is 3.47. The Morgan fingerprint density at radius 3 is 2.71 bits per heavy atom. The molecular weight excluding hydrogens is 352 g/mol. The van der Waals surface area contributed by atoms with E-state index in [0.29, 0.717) is 17.8 Å². The molecule has 3 rings (SSSR count). The molecule has 1 aliphatic heterocycles. The van der Waals surface area contributed by atoms with Crippen molar-refractivity contribution in [2.45, 2.75) is 27.2 Å². The van der Waals surface area contributed by atoms with Gasteiger partial charge in [-0.05, 0) is 56.8 Å². The fourth-order valence-electron chi connectivity index (χ4n) is 3.47. The number of aryl methyl sites for hydroxylation is 1. The van der Waals surface area contributed by atoms with Crippen molar-refractivity contribution in [3.8, 4) is 0 Å². The highest BCUT2D eigenvalue weighted by Crippen LogP contribution is 2.32. The van der Waals surface area contributed by atoms with E-state index < -0.39 is 0 Å². The number of amides is 2. The van der Waals surface area contributed by atoms with E-state index in [-0.39, 0.29) is 11.8 Å². The summed E-state index contributed by atoms with van der Waals surface area (Å²) in [5.41, 5.74) is 4.44. The lowest BCUT2D eigenvalue weighted by Gasteiger charge is -2.17. The third-order valence-corrected chi connectivity index (χ3v) is 5.10. The van der Waals surface area contributed by atoms with Gasteiger partial charge in [-0.15, -0.1) is 0 Å². The Morgan fingerprint density at radius 1 is 1.21 bits per heavy atom. The highest BCUT2D eigenvalue weighted by atomic mass is 16.2. The first kappa shape index (κ1) is 19.9. The molecule has 0 saturated carbocycles. The van der Waals surface area contributed by atoms with Crippen molar-refractivity contribution in [1.29, 1.82) is 0 Å². The number of anilines is 1. The number of carbonyl (C=O) groups is 2. The van der Waals surface area contributed by atoms with E-state index in [4.69, 9.17) is 0 Å². The first-order valence-corrected chi connectivity index (χ1v) is 9.86. The van der Waals surface area contributed by atoms with Crippen LogP contribution in [0.5, 0.6) is 0 Å². The third-order valence-electron chi connectivity index (χ3n) is 5.10. The molecule has 0 unspecified atom stereocenters. The highest BCUT2D eigenvalue weighted by molar-refractivity contribution is 6.34. The van der Waals surface area contributed by atoms with Gasteiger partial charge in [0.05, 0.1) is 5.57 Å². The van der Waals surface area contributed by atoms with E-state index in [0.717, 1.165) is 48.6 Å². The van der Waals surface area contributed by atoms with Crippen molar-refractivity contribution in [2.75, 3.05) is 31.5 Å². The topological polar surface area (TPSA) is 77.2 Å². The Labute approximate surface area is 166 Å². The normalized spacial score (nSPS) is 14.4. The number of fused-ring (bicyclic) bond motifs is 1. The Morgan fingerprint density at radius 2 is 1.96 bits per heavy atom. The summed E-state index contributed by atoms with van der Waals surface area (Å²) in [5.74, 6) is -0.242. The van der Waals surface area contributed by atoms with Crippen molar-refractivity contribution in [3.63, 3.8) is 0 Å². The van der Waals surface area contributed by atoms with Crippen LogP contribution in [0.3, 0.4) is 0 Å². The maximum absolute atomic E-state index is 12.5. The minimum atomic E-state index is -0.129. The van der Waals surface area contributed by atoms with Crippen LogP contribution in [-0.2, 0) is 4.79 Å². The molecule has 3 N–H and O–H groups in total.